The van der Waals surface area contributed by atoms with Crippen LogP contribution in [-0.2, 0) is 4.79 Å². The first kappa shape index (κ1) is 15.0. The number of hydrogen-bond donors (Lipinski definition) is 2. The third-order valence-electron chi connectivity index (χ3n) is 2.35. The van der Waals surface area contributed by atoms with Crippen molar-refractivity contribution in [1.82, 2.24) is 5.32 Å². The van der Waals surface area contributed by atoms with Gasteiger partial charge >= 0.3 is 5.97 Å². The van der Waals surface area contributed by atoms with Crippen molar-refractivity contribution in [2.75, 3.05) is 0 Å². The summed E-state index contributed by atoms with van der Waals surface area (Å²) in [5, 5.41) is 11.2. The zero-order valence-electron chi connectivity index (χ0n) is 11.3. The van der Waals surface area contributed by atoms with Crippen molar-refractivity contribution < 1.29 is 19.4 Å². The second-order valence-electron chi connectivity index (χ2n) is 4.66. The van der Waals surface area contributed by atoms with E-state index in [2.05, 4.69) is 5.32 Å². The van der Waals surface area contributed by atoms with Gasteiger partial charge in [-0.25, -0.2) is 0 Å². The van der Waals surface area contributed by atoms with Gasteiger partial charge < -0.3 is 15.2 Å². The molecule has 0 bridgehead atoms. The molecule has 104 valence electrons. The summed E-state index contributed by atoms with van der Waals surface area (Å²) in [5.41, 5.74) is 0.480. The van der Waals surface area contributed by atoms with Gasteiger partial charge in [-0.1, -0.05) is 0 Å². The molecule has 0 aliphatic heterocycles. The number of aliphatic carboxylic acids is 1. The Bertz CT molecular complexity index is 439. The maximum atomic E-state index is 11.8. The predicted octanol–water partition coefficient (Wildman–Crippen LogP) is 2.07. The van der Waals surface area contributed by atoms with Crippen LogP contribution in [0.15, 0.2) is 24.3 Å². The van der Waals surface area contributed by atoms with E-state index >= 15 is 0 Å². The van der Waals surface area contributed by atoms with Crippen LogP contribution in [0.25, 0.3) is 0 Å². The molecule has 5 heteroatoms. The summed E-state index contributed by atoms with van der Waals surface area (Å²) >= 11 is 0. The number of rotatable bonds is 6. The van der Waals surface area contributed by atoms with Crippen molar-refractivity contribution in [3.8, 4) is 5.75 Å². The van der Waals surface area contributed by atoms with Crippen molar-refractivity contribution in [2.45, 2.75) is 39.3 Å². The molecule has 0 aromatic heterocycles. The van der Waals surface area contributed by atoms with E-state index in [0.29, 0.717) is 11.3 Å². The summed E-state index contributed by atoms with van der Waals surface area (Å²) < 4.78 is 5.47. The van der Waals surface area contributed by atoms with Crippen LogP contribution in [0.1, 0.15) is 37.6 Å². The van der Waals surface area contributed by atoms with E-state index in [1.54, 1.807) is 31.2 Å². The van der Waals surface area contributed by atoms with Gasteiger partial charge in [0.15, 0.2) is 0 Å². The molecule has 1 amide bonds. The Morgan fingerprint density at radius 3 is 2.26 bits per heavy atom. The fraction of sp³-hybridized carbons (Fsp3) is 0.429. The minimum absolute atomic E-state index is 0.0789. The van der Waals surface area contributed by atoms with Gasteiger partial charge in [0.25, 0.3) is 5.91 Å². The average Bonchev–Trinajstić information content (AvgIpc) is 2.27. The summed E-state index contributed by atoms with van der Waals surface area (Å²) in [4.78, 5) is 22.3. The molecule has 0 fully saturated rings. The van der Waals surface area contributed by atoms with Crippen LogP contribution in [0.2, 0.25) is 0 Å². The molecular formula is C14H19NO4. The normalized spacial score (nSPS) is 12.0. The molecule has 5 nitrogen and oxygen atoms in total. The fourth-order valence-corrected chi connectivity index (χ4v) is 1.58. The minimum atomic E-state index is -0.937. The Hall–Kier alpha value is -2.04. The van der Waals surface area contributed by atoms with Gasteiger partial charge in [0.2, 0.25) is 0 Å². The van der Waals surface area contributed by atoms with Crippen molar-refractivity contribution in [2.24, 2.45) is 0 Å². The first-order valence-corrected chi connectivity index (χ1v) is 6.18. The number of benzene rings is 1. The molecule has 1 aromatic rings. The average molecular weight is 265 g/mol. The highest BCUT2D eigenvalue weighted by Crippen LogP contribution is 2.13. The van der Waals surface area contributed by atoms with Gasteiger partial charge in [-0.2, -0.15) is 0 Å². The van der Waals surface area contributed by atoms with E-state index in [1.165, 1.54) is 0 Å². The molecule has 0 aliphatic rings. The van der Waals surface area contributed by atoms with Crippen LogP contribution in [0.4, 0.5) is 0 Å². The topological polar surface area (TPSA) is 75.6 Å². The van der Waals surface area contributed by atoms with Crippen molar-refractivity contribution in [1.29, 1.82) is 0 Å². The van der Waals surface area contributed by atoms with E-state index in [-0.39, 0.29) is 18.4 Å². The van der Waals surface area contributed by atoms with Gasteiger partial charge in [-0.05, 0) is 45.0 Å². The Morgan fingerprint density at radius 2 is 1.79 bits per heavy atom. The maximum absolute atomic E-state index is 11.8. The van der Waals surface area contributed by atoms with Gasteiger partial charge in [-0.15, -0.1) is 0 Å². The summed E-state index contributed by atoms with van der Waals surface area (Å²) in [5.74, 6) is -0.525. The first-order valence-electron chi connectivity index (χ1n) is 6.18. The number of amides is 1. The van der Waals surface area contributed by atoms with Crippen molar-refractivity contribution in [3.05, 3.63) is 29.8 Å². The third kappa shape index (κ3) is 5.42. The Labute approximate surface area is 112 Å². The lowest BCUT2D eigenvalue weighted by Crippen LogP contribution is -2.34. The van der Waals surface area contributed by atoms with Crippen LogP contribution < -0.4 is 10.1 Å². The number of carboxylic acid groups (broad SMARTS) is 1. The maximum Gasteiger partial charge on any atom is 0.305 e. The first-order chi connectivity index (χ1) is 8.88. The molecule has 2 N–H and O–H groups in total. The number of ether oxygens (including phenoxy) is 1. The molecule has 0 radical (unpaired) electrons. The van der Waals surface area contributed by atoms with E-state index in [4.69, 9.17) is 9.84 Å². The van der Waals surface area contributed by atoms with Crippen molar-refractivity contribution >= 4 is 11.9 Å². The molecule has 0 heterocycles. The van der Waals surface area contributed by atoms with E-state index in [0.717, 1.165) is 0 Å². The minimum Gasteiger partial charge on any atom is -0.491 e. The summed E-state index contributed by atoms with van der Waals surface area (Å²) in [6.45, 7) is 5.50. The summed E-state index contributed by atoms with van der Waals surface area (Å²) in [7, 11) is 0. The third-order valence-corrected chi connectivity index (χ3v) is 2.35. The van der Waals surface area contributed by atoms with Crippen LogP contribution in [0.5, 0.6) is 5.75 Å². The lowest BCUT2D eigenvalue weighted by Gasteiger charge is -2.12. The van der Waals surface area contributed by atoms with Gasteiger partial charge in [-0.3, -0.25) is 9.59 Å². The molecule has 1 rings (SSSR count). The van der Waals surface area contributed by atoms with Crippen LogP contribution >= 0.6 is 0 Å². The standard InChI is InChI=1S/C14H19NO4/c1-9(2)19-12-6-4-11(5-7-12)14(18)15-10(3)8-13(16)17/h4-7,9-10H,8H2,1-3H3,(H,15,18)(H,16,17). The van der Waals surface area contributed by atoms with Gasteiger partial charge in [0, 0.05) is 11.6 Å². The number of carbonyl (C=O) groups is 2. The van der Waals surface area contributed by atoms with E-state index < -0.39 is 12.0 Å². The molecule has 0 aliphatic carbocycles. The SMILES string of the molecule is CC(CC(=O)O)NC(=O)c1ccc(OC(C)C)cc1. The predicted molar refractivity (Wildman–Crippen MR) is 71.4 cm³/mol. The summed E-state index contributed by atoms with van der Waals surface area (Å²) in [6.07, 6.45) is -0.0180. The number of hydrogen-bond acceptors (Lipinski definition) is 3. The second-order valence-corrected chi connectivity index (χ2v) is 4.66. The highest BCUT2D eigenvalue weighted by Gasteiger charge is 2.12. The highest BCUT2D eigenvalue weighted by atomic mass is 16.5. The molecule has 0 saturated heterocycles. The van der Waals surface area contributed by atoms with Gasteiger partial charge in [0.05, 0.1) is 12.5 Å². The Morgan fingerprint density at radius 1 is 1.21 bits per heavy atom. The Balaban J connectivity index is 2.60. The zero-order valence-corrected chi connectivity index (χ0v) is 11.3. The van der Waals surface area contributed by atoms with Crippen LogP contribution in [0, 0.1) is 0 Å². The number of carbonyl (C=O) groups excluding carboxylic acids is 1. The molecule has 0 spiro atoms. The highest BCUT2D eigenvalue weighted by molar-refractivity contribution is 5.94. The van der Waals surface area contributed by atoms with E-state index in [9.17, 15) is 9.59 Å². The monoisotopic (exact) mass is 265 g/mol. The fourth-order valence-electron chi connectivity index (χ4n) is 1.58. The molecule has 19 heavy (non-hydrogen) atoms. The lowest BCUT2D eigenvalue weighted by atomic mass is 10.1. The summed E-state index contributed by atoms with van der Waals surface area (Å²) in [6, 6.07) is 6.34. The lowest BCUT2D eigenvalue weighted by molar-refractivity contribution is -0.137. The second kappa shape index (κ2) is 6.78. The largest absolute Gasteiger partial charge is 0.491 e. The quantitative estimate of drug-likeness (QED) is 0.825. The number of carboxylic acids is 1. The van der Waals surface area contributed by atoms with Crippen molar-refractivity contribution in [3.63, 3.8) is 0 Å². The molecule has 1 unspecified atom stereocenters. The van der Waals surface area contributed by atoms with Crippen LogP contribution in [-0.4, -0.2) is 29.1 Å². The molecule has 1 aromatic carbocycles. The Kier molecular flexibility index (Phi) is 5.36. The van der Waals surface area contributed by atoms with Gasteiger partial charge in [0.1, 0.15) is 5.75 Å². The number of nitrogens with one attached hydrogen (secondary N) is 1. The molecular weight excluding hydrogens is 246 g/mol. The van der Waals surface area contributed by atoms with E-state index in [1.807, 2.05) is 13.8 Å². The van der Waals surface area contributed by atoms with Crippen LogP contribution in [0.3, 0.4) is 0 Å². The molecule has 0 saturated carbocycles. The zero-order chi connectivity index (χ0) is 14.4. The smallest absolute Gasteiger partial charge is 0.305 e. The molecule has 1 atom stereocenters.